The van der Waals surface area contributed by atoms with Crippen LogP contribution in [-0.2, 0) is 11.2 Å². The van der Waals surface area contributed by atoms with Crippen LogP contribution in [0, 0.1) is 6.92 Å². The van der Waals surface area contributed by atoms with E-state index in [2.05, 4.69) is 13.8 Å². The number of nitrogens with zero attached hydrogens (tertiary/aromatic N) is 2. The second kappa shape index (κ2) is 6.18. The lowest BCUT2D eigenvalue weighted by Gasteiger charge is -2.03. The number of aromatic nitrogens is 2. The lowest BCUT2D eigenvalue weighted by atomic mass is 10.1. The Bertz CT molecular complexity index is 907. The van der Waals surface area contributed by atoms with Crippen LogP contribution in [0.4, 0.5) is 0 Å². The van der Waals surface area contributed by atoms with Crippen molar-refractivity contribution in [3.05, 3.63) is 51.6 Å². The highest BCUT2D eigenvalue weighted by atomic mass is 35.5. The van der Waals surface area contributed by atoms with Gasteiger partial charge in [-0.2, -0.15) is 0 Å². The summed E-state index contributed by atoms with van der Waals surface area (Å²) in [5, 5.41) is 9.64. The Kier molecular flexibility index (Phi) is 4.24. The Labute approximate surface area is 142 Å². The van der Waals surface area contributed by atoms with Crippen LogP contribution in [0.25, 0.3) is 22.3 Å². The van der Waals surface area contributed by atoms with Gasteiger partial charge in [0.05, 0.1) is 11.4 Å². The van der Waals surface area contributed by atoms with E-state index in [0.29, 0.717) is 5.02 Å². The van der Waals surface area contributed by atoms with Gasteiger partial charge in [0.2, 0.25) is 0 Å². The lowest BCUT2D eigenvalue weighted by molar-refractivity contribution is -0.131. The monoisotopic (exact) mass is 346 g/mol. The summed E-state index contributed by atoms with van der Waals surface area (Å²) >= 11 is 7.57. The summed E-state index contributed by atoms with van der Waals surface area (Å²) in [4.78, 5) is 17.7. The number of carboxylic acid groups (broad SMARTS) is 1. The molecule has 2 heterocycles. The number of hydrogen-bond acceptors (Lipinski definition) is 3. The first-order valence-electron chi connectivity index (χ1n) is 7.19. The van der Waals surface area contributed by atoms with E-state index >= 15 is 0 Å². The minimum absolute atomic E-state index is 0.655. The molecule has 0 aliphatic rings. The molecule has 6 heteroatoms. The summed E-state index contributed by atoms with van der Waals surface area (Å²) in [5.74, 6) is -0.980. The van der Waals surface area contributed by atoms with Gasteiger partial charge in [-0.3, -0.25) is 4.40 Å². The van der Waals surface area contributed by atoms with Gasteiger partial charge in [-0.15, -0.1) is 11.3 Å². The summed E-state index contributed by atoms with van der Waals surface area (Å²) in [7, 11) is 0. The molecule has 0 amide bonds. The van der Waals surface area contributed by atoms with E-state index in [4.69, 9.17) is 21.7 Å². The van der Waals surface area contributed by atoms with Crippen molar-refractivity contribution in [1.29, 1.82) is 0 Å². The third-order valence-corrected chi connectivity index (χ3v) is 4.89. The fourth-order valence-corrected chi connectivity index (χ4v) is 3.82. The molecule has 0 radical (unpaired) electrons. The Morgan fingerprint density at radius 1 is 1.39 bits per heavy atom. The first kappa shape index (κ1) is 15.8. The van der Waals surface area contributed by atoms with Crippen LogP contribution in [0.1, 0.15) is 23.2 Å². The summed E-state index contributed by atoms with van der Waals surface area (Å²) < 4.78 is 2.05. The van der Waals surface area contributed by atoms with Gasteiger partial charge in [0.15, 0.2) is 4.96 Å². The van der Waals surface area contributed by atoms with E-state index < -0.39 is 5.97 Å². The number of aliphatic carboxylic acids is 1. The third-order valence-electron chi connectivity index (χ3n) is 3.64. The number of halogens is 1. The molecule has 2 aromatic heterocycles. The van der Waals surface area contributed by atoms with E-state index in [-0.39, 0.29) is 0 Å². The van der Waals surface area contributed by atoms with Gasteiger partial charge in [-0.05, 0) is 31.6 Å². The molecule has 0 spiro atoms. The van der Waals surface area contributed by atoms with E-state index in [9.17, 15) is 4.79 Å². The molecule has 23 heavy (non-hydrogen) atoms. The Morgan fingerprint density at radius 3 is 2.70 bits per heavy atom. The predicted octanol–water partition coefficient (Wildman–Crippen LogP) is 4.68. The normalized spacial score (nSPS) is 11.6. The largest absolute Gasteiger partial charge is 0.478 e. The van der Waals surface area contributed by atoms with Gasteiger partial charge < -0.3 is 5.11 Å². The molecule has 118 valence electrons. The fraction of sp³-hybridized carbons (Fsp3) is 0.176. The highest BCUT2D eigenvalue weighted by Crippen LogP contribution is 2.32. The molecule has 0 aliphatic heterocycles. The minimum atomic E-state index is -0.980. The number of benzene rings is 1. The van der Waals surface area contributed by atoms with Crippen molar-refractivity contribution in [3.63, 3.8) is 0 Å². The quantitative estimate of drug-likeness (QED) is 0.697. The van der Waals surface area contributed by atoms with Crippen molar-refractivity contribution >= 4 is 39.9 Å². The first-order chi connectivity index (χ1) is 11.0. The molecule has 0 atom stereocenters. The molecule has 3 aromatic rings. The van der Waals surface area contributed by atoms with Gasteiger partial charge in [0.25, 0.3) is 0 Å². The zero-order valence-corrected chi connectivity index (χ0v) is 14.3. The van der Waals surface area contributed by atoms with Crippen molar-refractivity contribution in [2.24, 2.45) is 0 Å². The molecular formula is C17H15ClN2O2S. The van der Waals surface area contributed by atoms with Crippen molar-refractivity contribution in [2.75, 3.05) is 0 Å². The molecular weight excluding hydrogens is 332 g/mol. The van der Waals surface area contributed by atoms with E-state index in [1.54, 1.807) is 29.5 Å². The van der Waals surface area contributed by atoms with Gasteiger partial charge in [-0.1, -0.05) is 30.7 Å². The average molecular weight is 347 g/mol. The van der Waals surface area contributed by atoms with Crippen molar-refractivity contribution in [2.45, 2.75) is 20.3 Å². The topological polar surface area (TPSA) is 54.6 Å². The molecule has 3 rings (SSSR count). The lowest BCUT2D eigenvalue weighted by Crippen LogP contribution is -1.95. The van der Waals surface area contributed by atoms with Gasteiger partial charge in [-0.25, -0.2) is 9.78 Å². The Morgan fingerprint density at radius 2 is 2.09 bits per heavy atom. The maximum Gasteiger partial charge on any atom is 0.328 e. The molecule has 1 N–H and O–H groups in total. The fourth-order valence-electron chi connectivity index (χ4n) is 2.63. The molecule has 0 saturated carbocycles. The zero-order valence-electron chi connectivity index (χ0n) is 12.7. The molecule has 0 saturated heterocycles. The Hall–Kier alpha value is -2.11. The molecule has 4 nitrogen and oxygen atoms in total. The molecule has 0 unspecified atom stereocenters. The molecule has 0 aliphatic carbocycles. The van der Waals surface area contributed by atoms with E-state index in [1.165, 1.54) is 4.88 Å². The number of fused-ring (bicyclic) bond motifs is 1. The predicted molar refractivity (Wildman–Crippen MR) is 94.3 cm³/mol. The van der Waals surface area contributed by atoms with Crippen LogP contribution in [0.15, 0.2) is 30.3 Å². The van der Waals surface area contributed by atoms with Crippen LogP contribution < -0.4 is 0 Å². The number of carboxylic acids is 1. The van der Waals surface area contributed by atoms with Crippen LogP contribution in [-0.4, -0.2) is 20.5 Å². The van der Waals surface area contributed by atoms with Crippen LogP contribution >= 0.6 is 22.9 Å². The molecule has 0 bridgehead atoms. The third kappa shape index (κ3) is 2.90. The van der Waals surface area contributed by atoms with Crippen molar-refractivity contribution in [3.8, 4) is 11.3 Å². The molecule has 1 aromatic carbocycles. The standard InChI is InChI=1S/C17H15ClN2O2S/c1-3-13-10(2)23-17-19-16(11-4-6-12(18)7-5-11)14(20(13)17)8-9-15(21)22/h4-9H,3H2,1-2H3,(H,21,22)/b9-8+. The van der Waals surface area contributed by atoms with E-state index in [1.807, 2.05) is 16.5 Å². The average Bonchev–Trinajstić information content (AvgIpc) is 3.00. The SMILES string of the molecule is CCc1c(C)sc2nc(-c3ccc(Cl)cc3)c(/C=C/C(=O)O)n12. The summed E-state index contributed by atoms with van der Waals surface area (Å²) in [5.41, 5.74) is 3.61. The highest BCUT2D eigenvalue weighted by molar-refractivity contribution is 7.17. The summed E-state index contributed by atoms with van der Waals surface area (Å²) in [6.45, 7) is 4.14. The maximum atomic E-state index is 11.0. The number of rotatable bonds is 4. The van der Waals surface area contributed by atoms with Crippen LogP contribution in [0.5, 0.6) is 0 Å². The van der Waals surface area contributed by atoms with Gasteiger partial charge in [0.1, 0.15) is 0 Å². The van der Waals surface area contributed by atoms with E-state index in [0.717, 1.165) is 40.1 Å². The summed E-state index contributed by atoms with van der Waals surface area (Å²) in [6.07, 6.45) is 3.61. The van der Waals surface area contributed by atoms with Crippen molar-refractivity contribution < 1.29 is 9.90 Å². The zero-order chi connectivity index (χ0) is 16.6. The number of thiazole rings is 1. The molecule has 0 fully saturated rings. The number of aryl methyl sites for hydroxylation is 2. The number of hydrogen-bond donors (Lipinski definition) is 1. The van der Waals surface area contributed by atoms with Gasteiger partial charge in [0, 0.05) is 27.2 Å². The van der Waals surface area contributed by atoms with Crippen molar-refractivity contribution in [1.82, 2.24) is 9.38 Å². The Balaban J connectivity index is 2.28. The maximum absolute atomic E-state index is 11.0. The van der Waals surface area contributed by atoms with Crippen LogP contribution in [0.2, 0.25) is 5.02 Å². The number of carbonyl (C=O) groups is 1. The smallest absolute Gasteiger partial charge is 0.328 e. The highest BCUT2D eigenvalue weighted by Gasteiger charge is 2.18. The van der Waals surface area contributed by atoms with Crippen LogP contribution in [0.3, 0.4) is 0 Å². The first-order valence-corrected chi connectivity index (χ1v) is 8.38. The second-order valence-corrected chi connectivity index (χ2v) is 6.72. The summed E-state index contributed by atoms with van der Waals surface area (Å²) in [6, 6.07) is 7.40. The minimum Gasteiger partial charge on any atom is -0.478 e. The van der Waals surface area contributed by atoms with Gasteiger partial charge >= 0.3 is 5.97 Å². The second-order valence-electron chi connectivity index (χ2n) is 5.10. The number of imidazole rings is 1.